The van der Waals surface area contributed by atoms with E-state index >= 15 is 0 Å². The zero-order valence-corrected chi connectivity index (χ0v) is 15.1. The van der Waals surface area contributed by atoms with E-state index in [-0.39, 0.29) is 24.6 Å². The molecule has 5 nitrogen and oxygen atoms in total. The molecule has 0 saturated heterocycles. The molecule has 1 amide bonds. The van der Waals surface area contributed by atoms with Crippen LogP contribution in [0, 0.1) is 5.82 Å². The maximum absolute atomic E-state index is 13.7. The molecule has 26 heavy (non-hydrogen) atoms. The molecule has 0 atom stereocenters. The Balaban J connectivity index is 1.62. The Bertz CT molecular complexity index is 812. The van der Waals surface area contributed by atoms with Gasteiger partial charge in [-0.15, -0.1) is 0 Å². The number of benzene rings is 2. The monoisotopic (exact) mass is 379 g/mol. The van der Waals surface area contributed by atoms with Gasteiger partial charge in [0.05, 0.1) is 31.8 Å². The van der Waals surface area contributed by atoms with Crippen molar-refractivity contribution in [3.63, 3.8) is 0 Å². The number of halogens is 2. The topological polar surface area (TPSA) is 56.8 Å². The summed E-state index contributed by atoms with van der Waals surface area (Å²) < 4.78 is 29.8. The first-order valence-electron chi connectivity index (χ1n) is 8.24. The molecule has 1 heterocycles. The standard InChI is InChI=1S/C19H19ClFNO4/c1-24-16-4-3-12(8-15(16)21)10-18(23)22-11-13-7-14(20)19-17(9-13)25-5-2-6-26-19/h3-4,7-9H,2,5-6,10-11H2,1H3,(H,22,23). The Morgan fingerprint density at radius 2 is 2.04 bits per heavy atom. The van der Waals surface area contributed by atoms with Crippen molar-refractivity contribution in [1.29, 1.82) is 0 Å². The molecule has 0 unspecified atom stereocenters. The number of carbonyl (C=O) groups is 1. The summed E-state index contributed by atoms with van der Waals surface area (Å²) >= 11 is 6.24. The molecule has 0 aromatic heterocycles. The summed E-state index contributed by atoms with van der Waals surface area (Å²) in [6, 6.07) is 8.00. The van der Waals surface area contributed by atoms with Crippen LogP contribution in [0.3, 0.4) is 0 Å². The first kappa shape index (κ1) is 18.3. The molecule has 1 aliphatic heterocycles. The summed E-state index contributed by atoms with van der Waals surface area (Å²) in [5.41, 5.74) is 1.37. The highest BCUT2D eigenvalue weighted by Gasteiger charge is 2.16. The van der Waals surface area contributed by atoms with Crippen molar-refractivity contribution >= 4 is 17.5 Å². The number of methoxy groups -OCH3 is 1. The fourth-order valence-corrected chi connectivity index (χ4v) is 2.94. The van der Waals surface area contributed by atoms with Gasteiger partial charge in [-0.2, -0.15) is 0 Å². The number of ether oxygens (including phenoxy) is 3. The summed E-state index contributed by atoms with van der Waals surface area (Å²) in [5, 5.41) is 3.25. The second-order valence-electron chi connectivity index (χ2n) is 5.88. The lowest BCUT2D eigenvalue weighted by atomic mass is 10.1. The average molecular weight is 380 g/mol. The van der Waals surface area contributed by atoms with Crippen LogP contribution in [0.2, 0.25) is 5.02 Å². The van der Waals surface area contributed by atoms with Gasteiger partial charge in [0.15, 0.2) is 23.1 Å². The van der Waals surface area contributed by atoms with Crippen LogP contribution >= 0.6 is 11.6 Å². The summed E-state index contributed by atoms with van der Waals surface area (Å²) in [4.78, 5) is 12.1. The lowest BCUT2D eigenvalue weighted by Gasteiger charge is -2.12. The number of amides is 1. The molecule has 138 valence electrons. The van der Waals surface area contributed by atoms with Crippen molar-refractivity contribution in [2.75, 3.05) is 20.3 Å². The lowest BCUT2D eigenvalue weighted by Crippen LogP contribution is -2.24. The van der Waals surface area contributed by atoms with Crippen LogP contribution in [0.1, 0.15) is 17.5 Å². The van der Waals surface area contributed by atoms with Gasteiger partial charge >= 0.3 is 0 Å². The van der Waals surface area contributed by atoms with E-state index in [0.29, 0.717) is 35.3 Å². The van der Waals surface area contributed by atoms with E-state index in [9.17, 15) is 9.18 Å². The van der Waals surface area contributed by atoms with E-state index in [1.165, 1.54) is 19.2 Å². The molecule has 0 saturated carbocycles. The summed E-state index contributed by atoms with van der Waals surface area (Å²) in [6.07, 6.45) is 0.856. The van der Waals surface area contributed by atoms with Gasteiger partial charge < -0.3 is 19.5 Å². The average Bonchev–Trinajstić information content (AvgIpc) is 2.86. The van der Waals surface area contributed by atoms with Crippen LogP contribution in [0.25, 0.3) is 0 Å². The van der Waals surface area contributed by atoms with Gasteiger partial charge in [0.2, 0.25) is 5.91 Å². The van der Waals surface area contributed by atoms with Crippen molar-refractivity contribution in [3.05, 3.63) is 52.3 Å². The van der Waals surface area contributed by atoms with E-state index in [0.717, 1.165) is 12.0 Å². The van der Waals surface area contributed by atoms with Gasteiger partial charge in [-0.1, -0.05) is 17.7 Å². The lowest BCUT2D eigenvalue weighted by molar-refractivity contribution is -0.120. The van der Waals surface area contributed by atoms with Gasteiger partial charge in [-0.25, -0.2) is 4.39 Å². The Morgan fingerprint density at radius 1 is 1.23 bits per heavy atom. The first-order valence-corrected chi connectivity index (χ1v) is 8.61. The molecular formula is C19H19ClFNO4. The predicted octanol–water partition coefficient (Wildman–Crippen LogP) is 3.51. The third kappa shape index (κ3) is 4.38. The zero-order chi connectivity index (χ0) is 18.5. The Labute approximate surface area is 156 Å². The number of hydrogen-bond donors (Lipinski definition) is 1. The number of nitrogens with one attached hydrogen (secondary N) is 1. The minimum Gasteiger partial charge on any atom is -0.494 e. The zero-order valence-electron chi connectivity index (χ0n) is 14.3. The van der Waals surface area contributed by atoms with Gasteiger partial charge in [-0.3, -0.25) is 4.79 Å². The molecule has 2 aromatic carbocycles. The molecule has 0 fully saturated rings. The number of carbonyl (C=O) groups excluding carboxylic acids is 1. The largest absolute Gasteiger partial charge is 0.494 e. The molecule has 3 rings (SSSR count). The maximum atomic E-state index is 13.7. The van der Waals surface area contributed by atoms with Crippen LogP contribution in [-0.2, 0) is 17.8 Å². The summed E-state index contributed by atoms with van der Waals surface area (Å²) in [6.45, 7) is 1.40. The molecular weight excluding hydrogens is 361 g/mol. The normalized spacial score (nSPS) is 13.0. The van der Waals surface area contributed by atoms with Gasteiger partial charge in [-0.05, 0) is 35.4 Å². The Morgan fingerprint density at radius 3 is 2.81 bits per heavy atom. The fraction of sp³-hybridized carbons (Fsp3) is 0.316. The van der Waals surface area contributed by atoms with Crippen molar-refractivity contribution in [2.45, 2.75) is 19.4 Å². The van der Waals surface area contributed by atoms with Crippen LogP contribution in [0.15, 0.2) is 30.3 Å². The van der Waals surface area contributed by atoms with Crippen molar-refractivity contribution < 1.29 is 23.4 Å². The molecule has 0 aliphatic carbocycles. The molecule has 7 heteroatoms. The van der Waals surface area contributed by atoms with Crippen LogP contribution in [0.5, 0.6) is 17.2 Å². The molecule has 1 aliphatic rings. The SMILES string of the molecule is COc1ccc(CC(=O)NCc2cc(Cl)c3c(c2)OCCCO3)cc1F. The third-order valence-corrected chi connectivity index (χ3v) is 4.21. The number of rotatable bonds is 5. The van der Waals surface area contributed by atoms with E-state index < -0.39 is 5.82 Å². The summed E-state index contributed by atoms with van der Waals surface area (Å²) in [7, 11) is 1.39. The van der Waals surface area contributed by atoms with Gasteiger partial charge in [0, 0.05) is 13.0 Å². The fourth-order valence-electron chi connectivity index (χ4n) is 2.65. The van der Waals surface area contributed by atoms with Crippen molar-refractivity contribution in [2.24, 2.45) is 0 Å². The maximum Gasteiger partial charge on any atom is 0.224 e. The molecule has 1 N–H and O–H groups in total. The van der Waals surface area contributed by atoms with Gasteiger partial charge in [0.1, 0.15) is 0 Å². The second kappa shape index (κ2) is 8.27. The van der Waals surface area contributed by atoms with E-state index in [1.54, 1.807) is 18.2 Å². The minimum absolute atomic E-state index is 0.0686. The third-order valence-electron chi connectivity index (χ3n) is 3.93. The van der Waals surface area contributed by atoms with Gasteiger partial charge in [0.25, 0.3) is 0 Å². The van der Waals surface area contributed by atoms with Crippen LogP contribution in [0.4, 0.5) is 4.39 Å². The molecule has 0 bridgehead atoms. The van der Waals surface area contributed by atoms with Crippen molar-refractivity contribution in [3.8, 4) is 17.2 Å². The predicted molar refractivity (Wildman–Crippen MR) is 95.6 cm³/mol. The first-order chi connectivity index (χ1) is 12.6. The highest BCUT2D eigenvalue weighted by Crippen LogP contribution is 2.37. The quantitative estimate of drug-likeness (QED) is 0.863. The highest BCUT2D eigenvalue weighted by molar-refractivity contribution is 6.32. The Hall–Kier alpha value is -2.47. The molecule has 0 spiro atoms. The van der Waals surface area contributed by atoms with E-state index in [2.05, 4.69) is 5.32 Å². The molecule has 0 radical (unpaired) electrons. The molecule has 2 aromatic rings. The smallest absolute Gasteiger partial charge is 0.224 e. The van der Waals surface area contributed by atoms with E-state index in [1.807, 2.05) is 0 Å². The van der Waals surface area contributed by atoms with Crippen molar-refractivity contribution in [1.82, 2.24) is 5.32 Å². The van der Waals surface area contributed by atoms with Crippen LogP contribution in [-0.4, -0.2) is 26.2 Å². The van der Waals surface area contributed by atoms with E-state index in [4.69, 9.17) is 25.8 Å². The number of hydrogen-bond acceptors (Lipinski definition) is 4. The summed E-state index contributed by atoms with van der Waals surface area (Å²) in [5.74, 6) is 0.547. The van der Waals surface area contributed by atoms with Crippen LogP contribution < -0.4 is 19.5 Å². The Kier molecular flexibility index (Phi) is 5.83. The minimum atomic E-state index is -0.493. The highest BCUT2D eigenvalue weighted by atomic mass is 35.5. The second-order valence-corrected chi connectivity index (χ2v) is 6.28. The number of fused-ring (bicyclic) bond motifs is 1.